The molecule has 4 nitrogen and oxygen atoms in total. The molecule has 1 heterocycles. The fourth-order valence-corrected chi connectivity index (χ4v) is 4.63. The van der Waals surface area contributed by atoms with Gasteiger partial charge in [-0.2, -0.15) is 0 Å². The van der Waals surface area contributed by atoms with Crippen molar-refractivity contribution >= 4 is 29.2 Å². The Morgan fingerprint density at radius 2 is 1.78 bits per heavy atom. The molecule has 0 amide bonds. The van der Waals surface area contributed by atoms with Gasteiger partial charge in [-0.15, -0.1) is 0 Å². The van der Waals surface area contributed by atoms with Gasteiger partial charge in [-0.3, -0.25) is 9.78 Å². The number of aliphatic carboxylic acids is 1. The summed E-state index contributed by atoms with van der Waals surface area (Å²) < 4.78 is 0. The summed E-state index contributed by atoms with van der Waals surface area (Å²) in [6.45, 7) is 0. The van der Waals surface area contributed by atoms with Gasteiger partial charge in [0, 0.05) is 34.6 Å². The van der Waals surface area contributed by atoms with E-state index in [1.807, 2.05) is 66.9 Å². The van der Waals surface area contributed by atoms with Crippen molar-refractivity contribution in [1.29, 1.82) is 0 Å². The maximum absolute atomic E-state index is 11.5. The predicted octanol–water partition coefficient (Wildman–Crippen LogP) is 6.82. The summed E-state index contributed by atoms with van der Waals surface area (Å²) in [5.41, 5.74) is 3.09. The molecule has 0 saturated heterocycles. The number of hydrogen-bond acceptors (Lipinski definition) is 3. The minimum absolute atomic E-state index is 0.0701. The molecular formula is C26H26Cl2N2O2. The van der Waals surface area contributed by atoms with Crippen molar-refractivity contribution in [2.24, 2.45) is 5.92 Å². The number of aromatic nitrogens is 1. The Balaban J connectivity index is 1.75. The molecule has 32 heavy (non-hydrogen) atoms. The van der Waals surface area contributed by atoms with Crippen molar-refractivity contribution in [1.82, 2.24) is 10.3 Å². The number of halogens is 2. The highest BCUT2D eigenvalue weighted by Gasteiger charge is 2.37. The minimum Gasteiger partial charge on any atom is -0.481 e. The van der Waals surface area contributed by atoms with Gasteiger partial charge in [-0.25, -0.2) is 0 Å². The lowest BCUT2D eigenvalue weighted by Crippen LogP contribution is -2.33. The van der Waals surface area contributed by atoms with E-state index in [1.165, 1.54) is 0 Å². The number of nitrogens with zero attached hydrogens (tertiary/aromatic N) is 1. The number of hydrogen-bond donors (Lipinski definition) is 2. The summed E-state index contributed by atoms with van der Waals surface area (Å²) in [6, 6.07) is 21.5. The third-order valence-electron chi connectivity index (χ3n) is 6.04. The average molecular weight is 469 g/mol. The smallest absolute Gasteiger partial charge is 0.303 e. The first-order chi connectivity index (χ1) is 15.5. The highest BCUT2D eigenvalue weighted by atomic mass is 35.5. The molecule has 1 saturated carbocycles. The van der Waals surface area contributed by atoms with Gasteiger partial charge in [-0.05, 0) is 72.7 Å². The molecular weight excluding hydrogens is 443 g/mol. The van der Waals surface area contributed by atoms with Crippen LogP contribution in [0.25, 0.3) is 0 Å². The van der Waals surface area contributed by atoms with Crippen LogP contribution in [0.4, 0.5) is 0 Å². The normalized spacial score (nSPS) is 16.3. The van der Waals surface area contributed by atoms with Gasteiger partial charge >= 0.3 is 5.97 Å². The van der Waals surface area contributed by atoms with E-state index >= 15 is 0 Å². The standard InChI is InChI=1S/C26H26Cl2N2O2/c27-20-11-9-17(10-12-20)25(30-26(18-7-8-18)23-6-1-2-15-29-23)22(13-14-24(31)32)19-4-3-5-21(28)16-19/h1-6,9-12,15-16,18,22,25-26,30H,7-8,13-14H2,(H,31,32)/t22-,25?,26?/m1/s1. The highest BCUT2D eigenvalue weighted by molar-refractivity contribution is 6.30. The van der Waals surface area contributed by atoms with E-state index in [0.717, 1.165) is 29.7 Å². The predicted molar refractivity (Wildman–Crippen MR) is 128 cm³/mol. The van der Waals surface area contributed by atoms with Crippen LogP contribution in [-0.4, -0.2) is 16.1 Å². The van der Waals surface area contributed by atoms with E-state index < -0.39 is 5.97 Å². The Hall–Kier alpha value is -2.40. The molecule has 1 aliphatic carbocycles. The molecule has 3 aromatic rings. The van der Waals surface area contributed by atoms with Gasteiger partial charge in [0.05, 0.1) is 11.7 Å². The quantitative estimate of drug-likeness (QED) is 0.342. The average Bonchev–Trinajstić information content (AvgIpc) is 3.62. The van der Waals surface area contributed by atoms with Crippen LogP contribution in [0.15, 0.2) is 72.9 Å². The van der Waals surface area contributed by atoms with E-state index in [2.05, 4.69) is 16.4 Å². The molecule has 0 bridgehead atoms. The fraction of sp³-hybridized carbons (Fsp3) is 0.308. The Morgan fingerprint density at radius 3 is 2.41 bits per heavy atom. The summed E-state index contributed by atoms with van der Waals surface area (Å²) in [5, 5.41) is 14.6. The molecule has 6 heteroatoms. The van der Waals surface area contributed by atoms with E-state index in [0.29, 0.717) is 22.4 Å². The number of carboxylic acid groups (broad SMARTS) is 1. The number of carboxylic acids is 1. The highest BCUT2D eigenvalue weighted by Crippen LogP contribution is 2.44. The van der Waals surface area contributed by atoms with E-state index in [9.17, 15) is 9.90 Å². The second-order valence-electron chi connectivity index (χ2n) is 8.36. The van der Waals surface area contributed by atoms with Crippen molar-refractivity contribution in [2.75, 3.05) is 0 Å². The van der Waals surface area contributed by atoms with Crippen molar-refractivity contribution in [3.8, 4) is 0 Å². The molecule has 2 unspecified atom stereocenters. The SMILES string of the molecule is O=C(O)CC[C@H](c1cccc(Cl)c1)C(NC(c1ccccn1)C1CC1)c1ccc(Cl)cc1. The van der Waals surface area contributed by atoms with Gasteiger partial charge in [0.15, 0.2) is 0 Å². The maximum Gasteiger partial charge on any atom is 0.303 e. The zero-order valence-electron chi connectivity index (χ0n) is 17.6. The Labute approximate surface area is 198 Å². The number of carbonyl (C=O) groups is 1. The third kappa shape index (κ3) is 5.89. The Morgan fingerprint density at radius 1 is 1.00 bits per heavy atom. The molecule has 3 atom stereocenters. The number of nitrogens with one attached hydrogen (secondary N) is 1. The van der Waals surface area contributed by atoms with E-state index in [1.54, 1.807) is 0 Å². The molecule has 0 spiro atoms. The summed E-state index contributed by atoms with van der Waals surface area (Å²) in [5.74, 6) is -0.384. The number of pyridine rings is 1. The lowest BCUT2D eigenvalue weighted by atomic mass is 9.83. The zero-order valence-corrected chi connectivity index (χ0v) is 19.1. The van der Waals surface area contributed by atoms with Gasteiger partial charge in [0.1, 0.15) is 0 Å². The maximum atomic E-state index is 11.5. The second-order valence-corrected chi connectivity index (χ2v) is 9.23. The topological polar surface area (TPSA) is 62.2 Å². The fourth-order valence-electron chi connectivity index (χ4n) is 4.30. The van der Waals surface area contributed by atoms with Gasteiger partial charge in [-0.1, -0.05) is 53.5 Å². The van der Waals surface area contributed by atoms with Crippen LogP contribution in [-0.2, 0) is 4.79 Å². The molecule has 0 radical (unpaired) electrons. The molecule has 166 valence electrons. The minimum atomic E-state index is -0.810. The number of benzene rings is 2. The van der Waals surface area contributed by atoms with E-state index in [-0.39, 0.29) is 24.4 Å². The Kier molecular flexibility index (Phi) is 7.46. The van der Waals surface area contributed by atoms with Crippen molar-refractivity contribution in [3.63, 3.8) is 0 Å². The van der Waals surface area contributed by atoms with Gasteiger partial charge < -0.3 is 10.4 Å². The van der Waals surface area contributed by atoms with Crippen LogP contribution in [0.1, 0.15) is 60.5 Å². The molecule has 1 aliphatic rings. The first kappa shape index (κ1) is 22.8. The third-order valence-corrected chi connectivity index (χ3v) is 6.52. The molecule has 0 aliphatic heterocycles. The zero-order chi connectivity index (χ0) is 22.5. The summed E-state index contributed by atoms with van der Waals surface area (Å²) in [4.78, 5) is 16.1. The van der Waals surface area contributed by atoms with Crippen LogP contribution in [0.3, 0.4) is 0 Å². The van der Waals surface area contributed by atoms with Gasteiger partial charge in [0.25, 0.3) is 0 Å². The largest absolute Gasteiger partial charge is 0.481 e. The lowest BCUT2D eigenvalue weighted by Gasteiger charge is -2.33. The van der Waals surface area contributed by atoms with Crippen LogP contribution < -0.4 is 5.32 Å². The first-order valence-corrected chi connectivity index (χ1v) is 11.7. The van der Waals surface area contributed by atoms with E-state index in [4.69, 9.17) is 23.2 Å². The van der Waals surface area contributed by atoms with Crippen molar-refractivity contribution < 1.29 is 9.90 Å². The molecule has 2 N–H and O–H groups in total. The van der Waals surface area contributed by atoms with Crippen LogP contribution >= 0.6 is 23.2 Å². The van der Waals surface area contributed by atoms with Crippen LogP contribution in [0, 0.1) is 5.92 Å². The van der Waals surface area contributed by atoms with Crippen molar-refractivity contribution in [3.05, 3.63) is 99.8 Å². The molecule has 4 rings (SSSR count). The lowest BCUT2D eigenvalue weighted by molar-refractivity contribution is -0.137. The van der Waals surface area contributed by atoms with Crippen molar-refractivity contribution in [2.45, 2.75) is 43.7 Å². The summed E-state index contributed by atoms with van der Waals surface area (Å²) in [6.07, 6.45) is 4.68. The van der Waals surface area contributed by atoms with Gasteiger partial charge in [0.2, 0.25) is 0 Å². The van der Waals surface area contributed by atoms with Crippen LogP contribution in [0.5, 0.6) is 0 Å². The second kappa shape index (κ2) is 10.5. The first-order valence-electron chi connectivity index (χ1n) is 10.9. The summed E-state index contributed by atoms with van der Waals surface area (Å²) in [7, 11) is 0. The monoisotopic (exact) mass is 468 g/mol. The number of rotatable bonds is 10. The molecule has 1 aromatic heterocycles. The molecule has 1 fully saturated rings. The van der Waals surface area contributed by atoms with Crippen LogP contribution in [0.2, 0.25) is 10.0 Å². The summed E-state index contributed by atoms with van der Waals surface area (Å²) >= 11 is 12.5. The molecule has 2 aromatic carbocycles. The Bertz CT molecular complexity index is 1040.